The molecule has 1 aliphatic heterocycles. The van der Waals surface area contributed by atoms with Crippen LogP contribution in [0, 0.1) is 0 Å². The number of aryl methyl sites for hydroxylation is 1. The third kappa shape index (κ3) is 4.93. The number of esters is 1. The Hall–Kier alpha value is -4.01. The lowest BCUT2D eigenvalue weighted by Gasteiger charge is -2.26. The lowest BCUT2D eigenvalue weighted by Crippen LogP contribution is -2.29. The van der Waals surface area contributed by atoms with Gasteiger partial charge in [-0.05, 0) is 47.9 Å². The fourth-order valence-corrected chi connectivity index (χ4v) is 5.20. The maximum Gasteiger partial charge on any atom is 0.337 e. The van der Waals surface area contributed by atoms with E-state index in [1.807, 2.05) is 19.1 Å². The Morgan fingerprint density at radius 1 is 0.949 bits per heavy atom. The molecule has 1 heterocycles. The highest BCUT2D eigenvalue weighted by molar-refractivity contribution is 6.52. The summed E-state index contributed by atoms with van der Waals surface area (Å²) >= 11 is 12.8. The average Bonchev–Trinajstić information content (AvgIpc) is 3.22. The van der Waals surface area contributed by atoms with Gasteiger partial charge in [0, 0.05) is 5.69 Å². The Morgan fingerprint density at radius 2 is 1.56 bits per heavy atom. The van der Waals surface area contributed by atoms with Crippen molar-refractivity contribution in [2.24, 2.45) is 0 Å². The first-order valence-electron chi connectivity index (χ1n) is 11.9. The molecule has 1 aliphatic rings. The number of anilines is 1. The molecular formula is C29H25Cl2NO7. The maximum absolute atomic E-state index is 13.5. The summed E-state index contributed by atoms with van der Waals surface area (Å²) < 4.78 is 15.4. The van der Waals surface area contributed by atoms with E-state index in [9.17, 15) is 19.5 Å². The number of Topliss-reactive ketones (excluding diaryl/α,β-unsaturated/α-hetero) is 1. The fraction of sp³-hybridized carbons (Fsp3) is 0.207. The van der Waals surface area contributed by atoms with Crippen molar-refractivity contribution in [3.05, 3.63) is 92.5 Å². The number of carbonyl (C=O) groups excluding carboxylic acids is 3. The molecule has 1 saturated heterocycles. The number of benzene rings is 3. The summed E-state index contributed by atoms with van der Waals surface area (Å²) in [4.78, 5) is 40.2. The van der Waals surface area contributed by atoms with E-state index in [-0.39, 0.29) is 38.2 Å². The summed E-state index contributed by atoms with van der Waals surface area (Å²) in [7, 11) is 3.98. The van der Waals surface area contributed by atoms with E-state index in [0.29, 0.717) is 11.3 Å². The third-order valence-electron chi connectivity index (χ3n) is 6.51. The van der Waals surface area contributed by atoms with Gasteiger partial charge in [-0.1, -0.05) is 54.4 Å². The molecule has 1 fully saturated rings. The molecule has 8 nitrogen and oxygen atoms in total. The van der Waals surface area contributed by atoms with Crippen molar-refractivity contribution in [2.75, 3.05) is 26.2 Å². The number of hydrogen-bond donors (Lipinski definition) is 1. The highest BCUT2D eigenvalue weighted by atomic mass is 35.5. The number of hydrogen-bond acceptors (Lipinski definition) is 7. The van der Waals surface area contributed by atoms with E-state index in [2.05, 4.69) is 0 Å². The van der Waals surface area contributed by atoms with E-state index >= 15 is 0 Å². The molecule has 3 aromatic carbocycles. The van der Waals surface area contributed by atoms with Gasteiger partial charge in [0.05, 0.1) is 49.1 Å². The van der Waals surface area contributed by atoms with Gasteiger partial charge in [0.25, 0.3) is 11.7 Å². The number of amides is 1. The molecular weight excluding hydrogens is 545 g/mol. The molecule has 3 aromatic rings. The molecule has 0 aliphatic carbocycles. The van der Waals surface area contributed by atoms with Crippen LogP contribution in [0.3, 0.4) is 0 Å². The van der Waals surface area contributed by atoms with E-state index in [1.54, 1.807) is 12.1 Å². The Balaban J connectivity index is 1.97. The van der Waals surface area contributed by atoms with Gasteiger partial charge in [0.15, 0.2) is 11.5 Å². The molecule has 0 aromatic heterocycles. The molecule has 1 unspecified atom stereocenters. The van der Waals surface area contributed by atoms with Crippen LogP contribution in [0.4, 0.5) is 5.69 Å². The SMILES string of the molecule is CCc1ccc(C2/C(=C(\O)c3cc(Cl)c(OC)c(Cl)c3OC)C(=O)C(=O)N2c2ccc(C(=O)OC)cc2)cc1. The Kier molecular flexibility index (Phi) is 8.18. The lowest BCUT2D eigenvalue weighted by atomic mass is 9.94. The van der Waals surface area contributed by atoms with Gasteiger partial charge in [0.1, 0.15) is 10.8 Å². The van der Waals surface area contributed by atoms with Crippen LogP contribution in [-0.2, 0) is 20.7 Å². The van der Waals surface area contributed by atoms with Gasteiger partial charge in [-0.25, -0.2) is 4.79 Å². The summed E-state index contributed by atoms with van der Waals surface area (Å²) in [6.45, 7) is 2.01. The summed E-state index contributed by atoms with van der Waals surface area (Å²) in [5, 5.41) is 11.6. The zero-order chi connectivity index (χ0) is 28.4. The molecule has 4 rings (SSSR count). The third-order valence-corrected chi connectivity index (χ3v) is 7.13. The van der Waals surface area contributed by atoms with Crippen LogP contribution < -0.4 is 14.4 Å². The number of carbonyl (C=O) groups is 3. The lowest BCUT2D eigenvalue weighted by molar-refractivity contribution is -0.132. The quantitative estimate of drug-likeness (QED) is 0.161. The first kappa shape index (κ1) is 28.0. The van der Waals surface area contributed by atoms with Crippen molar-refractivity contribution in [2.45, 2.75) is 19.4 Å². The van der Waals surface area contributed by atoms with Gasteiger partial charge in [0.2, 0.25) is 0 Å². The monoisotopic (exact) mass is 569 g/mol. The second kappa shape index (κ2) is 11.4. The molecule has 39 heavy (non-hydrogen) atoms. The average molecular weight is 570 g/mol. The van der Waals surface area contributed by atoms with Gasteiger partial charge < -0.3 is 19.3 Å². The van der Waals surface area contributed by atoms with Crippen molar-refractivity contribution in [3.63, 3.8) is 0 Å². The van der Waals surface area contributed by atoms with Crippen molar-refractivity contribution < 1.29 is 33.7 Å². The smallest absolute Gasteiger partial charge is 0.337 e. The summed E-state index contributed by atoms with van der Waals surface area (Å²) in [5.74, 6) is -2.70. The molecule has 202 valence electrons. The normalized spacial score (nSPS) is 16.4. The summed E-state index contributed by atoms with van der Waals surface area (Å²) in [6, 6.07) is 13.8. The number of rotatable bonds is 7. The Bertz CT molecular complexity index is 1480. The molecule has 10 heteroatoms. The van der Waals surface area contributed by atoms with Crippen LogP contribution in [0.15, 0.2) is 60.2 Å². The number of aliphatic hydroxyl groups excluding tert-OH is 1. The van der Waals surface area contributed by atoms with Gasteiger partial charge in [-0.3, -0.25) is 14.5 Å². The number of ether oxygens (including phenoxy) is 3. The molecule has 1 N–H and O–H groups in total. The zero-order valence-corrected chi connectivity index (χ0v) is 23.1. The highest BCUT2D eigenvalue weighted by Gasteiger charge is 2.47. The predicted octanol–water partition coefficient (Wildman–Crippen LogP) is 5.99. The molecule has 0 bridgehead atoms. The van der Waals surface area contributed by atoms with Crippen LogP contribution in [-0.4, -0.2) is 44.1 Å². The topological polar surface area (TPSA) is 102 Å². The summed E-state index contributed by atoms with van der Waals surface area (Å²) in [5.41, 5.74) is 2.07. The minimum atomic E-state index is -1.01. The first-order valence-corrected chi connectivity index (χ1v) is 12.6. The fourth-order valence-electron chi connectivity index (χ4n) is 4.52. The maximum atomic E-state index is 13.5. The van der Waals surface area contributed by atoms with Crippen molar-refractivity contribution in [3.8, 4) is 11.5 Å². The Labute approximate surface area is 235 Å². The molecule has 0 radical (unpaired) electrons. The second-order valence-corrected chi connectivity index (χ2v) is 9.37. The van der Waals surface area contributed by atoms with E-state index < -0.39 is 29.5 Å². The standard InChI is InChI=1S/C29H25Cl2NO7/c1-5-15-6-8-16(9-7-15)23-21(24(33)19-14-20(30)27(38-3)22(31)26(19)37-2)25(34)28(35)32(23)18-12-10-17(11-13-18)29(36)39-4/h6-14,23,33H,5H2,1-4H3/b24-21+. The number of halogens is 2. The summed E-state index contributed by atoms with van der Waals surface area (Å²) in [6.07, 6.45) is 0.787. The molecule has 0 saturated carbocycles. The van der Waals surface area contributed by atoms with Gasteiger partial charge >= 0.3 is 5.97 Å². The number of methoxy groups -OCH3 is 3. The molecule has 1 atom stereocenters. The van der Waals surface area contributed by atoms with Crippen molar-refractivity contribution in [1.82, 2.24) is 0 Å². The molecule has 0 spiro atoms. The largest absolute Gasteiger partial charge is 0.507 e. The Morgan fingerprint density at radius 3 is 2.10 bits per heavy atom. The highest BCUT2D eigenvalue weighted by Crippen LogP contribution is 2.48. The zero-order valence-electron chi connectivity index (χ0n) is 21.6. The van der Waals surface area contributed by atoms with Crippen LogP contribution in [0.2, 0.25) is 10.0 Å². The van der Waals surface area contributed by atoms with Crippen LogP contribution in [0.1, 0.15) is 40.0 Å². The van der Waals surface area contributed by atoms with Crippen LogP contribution in [0.5, 0.6) is 11.5 Å². The number of nitrogens with zero attached hydrogens (tertiary/aromatic N) is 1. The minimum absolute atomic E-state index is 0.00877. The van der Waals surface area contributed by atoms with Crippen molar-refractivity contribution in [1.29, 1.82) is 0 Å². The van der Waals surface area contributed by atoms with E-state index in [4.69, 9.17) is 37.4 Å². The van der Waals surface area contributed by atoms with Gasteiger partial charge in [-0.15, -0.1) is 0 Å². The number of ketones is 1. The molecule has 1 amide bonds. The van der Waals surface area contributed by atoms with Crippen molar-refractivity contribution >= 4 is 52.3 Å². The van der Waals surface area contributed by atoms with Crippen LogP contribution >= 0.6 is 23.2 Å². The minimum Gasteiger partial charge on any atom is -0.507 e. The van der Waals surface area contributed by atoms with E-state index in [0.717, 1.165) is 12.0 Å². The predicted molar refractivity (Wildman–Crippen MR) is 148 cm³/mol. The van der Waals surface area contributed by atoms with E-state index in [1.165, 1.54) is 56.6 Å². The van der Waals surface area contributed by atoms with Crippen LogP contribution in [0.25, 0.3) is 5.76 Å². The number of aliphatic hydroxyl groups is 1. The van der Waals surface area contributed by atoms with Gasteiger partial charge in [-0.2, -0.15) is 0 Å². The first-order chi connectivity index (χ1) is 18.7. The second-order valence-electron chi connectivity index (χ2n) is 8.59.